The number of nitrogens with one attached hydrogen (secondary N) is 1. The molecule has 0 aromatic rings. The second kappa shape index (κ2) is 45.3. The van der Waals surface area contributed by atoms with Crippen molar-refractivity contribution in [3.8, 4) is 0 Å². The summed E-state index contributed by atoms with van der Waals surface area (Å²) in [5, 5.41) is 76.1. The Morgan fingerprint density at radius 3 is 1.12 bits per heavy atom. The van der Waals surface area contributed by atoms with E-state index in [4.69, 9.17) is 9.47 Å². The zero-order chi connectivity index (χ0) is 48.3. The Morgan fingerprint density at radius 1 is 0.470 bits per heavy atom. The van der Waals surface area contributed by atoms with Crippen molar-refractivity contribution >= 4 is 5.91 Å². The van der Waals surface area contributed by atoms with Gasteiger partial charge in [-0.25, -0.2) is 0 Å². The molecular formula is C55H109NO10. The average molecular weight is 944 g/mol. The number of ether oxygens (including phenoxy) is 2. The first-order valence-corrected chi connectivity index (χ1v) is 28.4. The number of amides is 1. The Hall–Kier alpha value is -0.890. The lowest BCUT2D eigenvalue weighted by Crippen LogP contribution is -2.60. The summed E-state index contributed by atoms with van der Waals surface area (Å²) in [6, 6.07) is -1.16. The van der Waals surface area contributed by atoms with Crippen LogP contribution in [0.1, 0.15) is 277 Å². The Labute approximate surface area is 405 Å². The molecule has 9 atom stereocenters. The first kappa shape index (κ1) is 63.1. The molecule has 0 aliphatic carbocycles. The molecule has 9 unspecified atom stereocenters. The van der Waals surface area contributed by atoms with Gasteiger partial charge in [0.1, 0.15) is 36.6 Å². The summed E-state index contributed by atoms with van der Waals surface area (Å²) in [6.45, 7) is 3.49. The van der Waals surface area contributed by atoms with Gasteiger partial charge in [0.2, 0.25) is 5.91 Å². The van der Waals surface area contributed by atoms with Crippen molar-refractivity contribution in [3.63, 3.8) is 0 Å². The molecule has 1 aliphatic heterocycles. The number of unbranched alkanes of at least 4 members (excludes halogenated alkanes) is 37. The number of hydrogen-bond donors (Lipinski definition) is 8. The van der Waals surface area contributed by atoms with Crippen molar-refractivity contribution in [3.05, 3.63) is 0 Å². The number of carbonyl (C=O) groups is 1. The highest BCUT2D eigenvalue weighted by Crippen LogP contribution is 2.24. The van der Waals surface area contributed by atoms with Gasteiger partial charge in [-0.05, 0) is 12.8 Å². The van der Waals surface area contributed by atoms with Gasteiger partial charge >= 0.3 is 0 Å². The van der Waals surface area contributed by atoms with E-state index in [0.717, 1.165) is 38.5 Å². The summed E-state index contributed by atoms with van der Waals surface area (Å²) in [5.74, 6) is -0.690. The van der Waals surface area contributed by atoms with Crippen molar-refractivity contribution in [2.24, 2.45) is 0 Å². The molecule has 0 saturated carbocycles. The lowest BCUT2D eigenvalue weighted by molar-refractivity contribution is -0.303. The van der Waals surface area contributed by atoms with E-state index < -0.39 is 74.2 Å². The minimum absolute atomic E-state index is 0.267. The number of carbonyl (C=O) groups excluding carboxylic acids is 1. The van der Waals surface area contributed by atoms with Crippen LogP contribution in [-0.4, -0.2) is 110 Å². The molecule has 1 heterocycles. The van der Waals surface area contributed by atoms with Crippen molar-refractivity contribution in [1.82, 2.24) is 5.32 Å². The van der Waals surface area contributed by atoms with E-state index in [2.05, 4.69) is 19.2 Å². The SMILES string of the molecule is CCCCCCCCCCCCCCCCCCCCCCCCC(O)C(O)C(COC1OC(CO)C(O)C(O)C1O)NC(=O)C(O)CCCCCCCCCCCCCCCCCCC. The predicted molar refractivity (Wildman–Crippen MR) is 270 cm³/mol. The van der Waals surface area contributed by atoms with Gasteiger partial charge in [-0.1, -0.05) is 264 Å². The normalized spacial score (nSPS) is 20.7. The molecule has 0 spiro atoms. The van der Waals surface area contributed by atoms with Gasteiger partial charge in [0.25, 0.3) is 0 Å². The molecular weight excluding hydrogens is 835 g/mol. The van der Waals surface area contributed by atoms with E-state index in [9.17, 15) is 40.5 Å². The lowest BCUT2D eigenvalue weighted by Gasteiger charge is -2.40. The molecule has 0 aromatic carbocycles. The highest BCUT2D eigenvalue weighted by atomic mass is 16.7. The summed E-state index contributed by atoms with van der Waals surface area (Å²) < 4.78 is 11.1. The third kappa shape index (κ3) is 33.6. The van der Waals surface area contributed by atoms with Crippen LogP contribution in [0.15, 0.2) is 0 Å². The molecule has 394 valence electrons. The van der Waals surface area contributed by atoms with Crippen LogP contribution < -0.4 is 5.32 Å². The summed E-state index contributed by atoms with van der Waals surface area (Å²) in [5.41, 5.74) is 0. The highest BCUT2D eigenvalue weighted by molar-refractivity contribution is 5.80. The predicted octanol–water partition coefficient (Wildman–Crippen LogP) is 11.4. The summed E-state index contributed by atoms with van der Waals surface area (Å²) in [6.07, 6.45) is 38.6. The van der Waals surface area contributed by atoms with Crippen LogP contribution in [0.25, 0.3) is 0 Å². The topological polar surface area (TPSA) is 189 Å². The number of hydrogen-bond acceptors (Lipinski definition) is 10. The lowest BCUT2D eigenvalue weighted by atomic mass is 9.98. The summed E-state index contributed by atoms with van der Waals surface area (Å²) in [7, 11) is 0. The van der Waals surface area contributed by atoms with Gasteiger partial charge in [0.05, 0.1) is 25.4 Å². The van der Waals surface area contributed by atoms with Gasteiger partial charge in [-0.2, -0.15) is 0 Å². The third-order valence-corrected chi connectivity index (χ3v) is 14.2. The largest absolute Gasteiger partial charge is 0.394 e. The van der Waals surface area contributed by atoms with E-state index in [0.29, 0.717) is 19.3 Å². The standard InChI is InChI=1S/C55H109NO10/c1-3-5-7-9-11-13-15-17-19-21-22-23-24-25-27-28-30-32-34-36-38-40-42-47(58)50(60)46(45-65-55-53(63)52(62)51(61)49(44-57)66-55)56-54(64)48(59)43-41-39-37-35-33-31-29-26-20-18-16-14-12-10-8-6-4-2/h46-53,55,57-63H,3-45H2,1-2H3,(H,56,64). The van der Waals surface area contributed by atoms with Gasteiger partial charge in [-0.15, -0.1) is 0 Å². The Balaban J connectivity index is 2.31. The zero-order valence-corrected chi connectivity index (χ0v) is 43.0. The fourth-order valence-electron chi connectivity index (χ4n) is 9.50. The van der Waals surface area contributed by atoms with Crippen LogP contribution in [0.3, 0.4) is 0 Å². The molecule has 1 aliphatic rings. The Bertz CT molecular complexity index is 1040. The van der Waals surface area contributed by atoms with Crippen molar-refractivity contribution in [1.29, 1.82) is 0 Å². The fraction of sp³-hybridized carbons (Fsp3) is 0.982. The average Bonchev–Trinajstić information content (AvgIpc) is 3.32. The van der Waals surface area contributed by atoms with Crippen LogP contribution in [0.2, 0.25) is 0 Å². The van der Waals surface area contributed by atoms with E-state index in [1.807, 2.05) is 0 Å². The molecule has 1 amide bonds. The summed E-state index contributed by atoms with van der Waals surface area (Å²) >= 11 is 0. The minimum Gasteiger partial charge on any atom is -0.394 e. The van der Waals surface area contributed by atoms with Crippen LogP contribution in [0, 0.1) is 0 Å². The van der Waals surface area contributed by atoms with E-state index >= 15 is 0 Å². The maximum absolute atomic E-state index is 13.2. The number of rotatable bonds is 49. The maximum Gasteiger partial charge on any atom is 0.249 e. The Morgan fingerprint density at radius 2 is 0.788 bits per heavy atom. The highest BCUT2D eigenvalue weighted by Gasteiger charge is 2.44. The van der Waals surface area contributed by atoms with Gasteiger partial charge < -0.3 is 50.5 Å². The monoisotopic (exact) mass is 944 g/mol. The third-order valence-electron chi connectivity index (χ3n) is 14.2. The minimum atomic E-state index is -1.66. The van der Waals surface area contributed by atoms with Crippen LogP contribution in [0.5, 0.6) is 0 Å². The van der Waals surface area contributed by atoms with Gasteiger partial charge in [0.15, 0.2) is 6.29 Å². The first-order chi connectivity index (χ1) is 32.2. The van der Waals surface area contributed by atoms with E-state index in [-0.39, 0.29) is 6.42 Å². The second-order valence-electron chi connectivity index (χ2n) is 20.4. The zero-order valence-electron chi connectivity index (χ0n) is 43.0. The Kier molecular flexibility index (Phi) is 43.3. The molecule has 66 heavy (non-hydrogen) atoms. The number of aliphatic hydroxyl groups is 7. The molecule has 1 rings (SSSR count). The quantitative estimate of drug-likeness (QED) is 0.0273. The van der Waals surface area contributed by atoms with E-state index in [1.165, 1.54) is 199 Å². The van der Waals surface area contributed by atoms with Crippen molar-refractivity contribution in [2.45, 2.75) is 332 Å². The molecule has 0 bridgehead atoms. The molecule has 11 nitrogen and oxygen atoms in total. The molecule has 11 heteroatoms. The maximum atomic E-state index is 13.2. The summed E-state index contributed by atoms with van der Waals surface area (Å²) in [4.78, 5) is 13.2. The fourth-order valence-corrected chi connectivity index (χ4v) is 9.50. The van der Waals surface area contributed by atoms with Crippen molar-refractivity contribution in [2.75, 3.05) is 13.2 Å². The molecule has 0 radical (unpaired) electrons. The van der Waals surface area contributed by atoms with Gasteiger partial charge in [-0.3, -0.25) is 4.79 Å². The molecule has 1 fully saturated rings. The van der Waals surface area contributed by atoms with Crippen LogP contribution >= 0.6 is 0 Å². The van der Waals surface area contributed by atoms with Crippen LogP contribution in [0.4, 0.5) is 0 Å². The van der Waals surface area contributed by atoms with Crippen molar-refractivity contribution < 1.29 is 50.0 Å². The smallest absolute Gasteiger partial charge is 0.249 e. The molecule has 1 saturated heterocycles. The van der Waals surface area contributed by atoms with E-state index in [1.54, 1.807) is 0 Å². The number of aliphatic hydroxyl groups excluding tert-OH is 7. The second-order valence-corrected chi connectivity index (χ2v) is 20.4. The molecule has 8 N–H and O–H groups in total. The van der Waals surface area contributed by atoms with Gasteiger partial charge in [0, 0.05) is 0 Å². The molecule has 0 aromatic heterocycles. The van der Waals surface area contributed by atoms with Crippen LogP contribution in [-0.2, 0) is 14.3 Å². The first-order valence-electron chi connectivity index (χ1n) is 28.4.